The van der Waals surface area contributed by atoms with Crippen LogP contribution in [0.1, 0.15) is 30.0 Å². The first-order valence-electron chi connectivity index (χ1n) is 4.22. The molecule has 85 valence electrons. The van der Waals surface area contributed by atoms with Crippen molar-refractivity contribution in [3.8, 4) is 0 Å². The van der Waals surface area contributed by atoms with E-state index in [4.69, 9.17) is 5.11 Å². The number of hydrogen-bond acceptors (Lipinski definition) is 4. The van der Waals surface area contributed by atoms with E-state index < -0.39 is 11.6 Å². The summed E-state index contributed by atoms with van der Waals surface area (Å²) in [7, 11) is 0. The monoisotopic (exact) mass is 237 g/mol. The van der Waals surface area contributed by atoms with Gasteiger partial charge in [0.1, 0.15) is 0 Å². The van der Waals surface area contributed by atoms with Crippen LogP contribution in [0, 0.1) is 13.0 Å². The fourth-order valence-electron chi connectivity index (χ4n) is 1.14. The number of aryl methyl sites for hydroxylation is 1. The maximum Gasteiger partial charge on any atom is 1.00 e. The predicted octanol–water partition coefficient (Wildman–Crippen LogP) is -2.71. The van der Waals surface area contributed by atoms with Crippen LogP contribution in [0.3, 0.4) is 0 Å². The second kappa shape index (κ2) is 6.36. The second-order valence-electron chi connectivity index (χ2n) is 3.83. The minimum Gasteiger partial charge on any atom is -0.870 e. The molecule has 0 bridgehead atoms. The maximum absolute atomic E-state index is 10.7. The molecule has 1 radical (unpaired) electrons. The van der Waals surface area contributed by atoms with Crippen molar-refractivity contribution in [3.05, 3.63) is 17.5 Å². The van der Waals surface area contributed by atoms with E-state index >= 15 is 0 Å². The molecule has 0 aliphatic carbocycles. The van der Waals surface area contributed by atoms with Crippen LogP contribution >= 0.6 is 0 Å². The number of carboxylic acids is 1. The third-order valence-corrected chi connectivity index (χ3v) is 1.57. The largest absolute Gasteiger partial charge is 1.00 e. The Morgan fingerprint density at radius 1 is 1.56 bits per heavy atom. The van der Waals surface area contributed by atoms with Crippen molar-refractivity contribution in [1.82, 2.24) is 9.78 Å². The normalized spacial score (nSPS) is 10.2. The van der Waals surface area contributed by atoms with E-state index in [0.717, 1.165) is 0 Å². The third-order valence-electron chi connectivity index (χ3n) is 1.57. The van der Waals surface area contributed by atoms with Crippen molar-refractivity contribution in [1.29, 1.82) is 0 Å². The molecule has 0 saturated carbocycles. The van der Waals surface area contributed by atoms with Crippen molar-refractivity contribution in [3.63, 3.8) is 0 Å². The van der Waals surface area contributed by atoms with Gasteiger partial charge in [-0.25, -0.2) is 4.79 Å². The van der Waals surface area contributed by atoms with Crippen LogP contribution in [0.2, 0.25) is 0 Å². The van der Waals surface area contributed by atoms with Crippen LogP contribution in [-0.4, -0.2) is 37.0 Å². The molecule has 0 aliphatic rings. The molecule has 1 aromatic heterocycles. The molecule has 7 heteroatoms. The van der Waals surface area contributed by atoms with Gasteiger partial charge in [-0.05, 0) is 20.8 Å². The Morgan fingerprint density at radius 3 is 2.44 bits per heavy atom. The Morgan fingerprint density at radius 2 is 2.06 bits per heavy atom. The molecular weight excluding hydrogens is 223 g/mol. The number of aliphatic hydroxyl groups is 1. The molecule has 0 amide bonds. The molecule has 0 unspecified atom stereocenters. The summed E-state index contributed by atoms with van der Waals surface area (Å²) in [6, 6.07) is 2.61. The van der Waals surface area contributed by atoms with E-state index in [9.17, 15) is 9.90 Å². The van der Waals surface area contributed by atoms with E-state index in [-0.39, 0.29) is 47.3 Å². The van der Waals surface area contributed by atoms with Gasteiger partial charge in [-0.1, -0.05) is 0 Å². The zero-order chi connectivity index (χ0) is 10.9. The first-order chi connectivity index (χ1) is 6.29. The third kappa shape index (κ3) is 5.09. The van der Waals surface area contributed by atoms with E-state index in [1.54, 1.807) is 20.8 Å². The summed E-state index contributed by atoms with van der Waals surface area (Å²) in [6.45, 7) is 4.98. The number of carboxylic acid groups (broad SMARTS) is 1. The topological polar surface area (TPSA) is 105 Å². The number of carbonyl (C=O) groups is 1. The average Bonchev–Trinajstić information content (AvgIpc) is 2.27. The predicted molar refractivity (Wildman–Crippen MR) is 51.0 cm³/mol. The van der Waals surface area contributed by atoms with Crippen molar-refractivity contribution in [2.45, 2.75) is 32.9 Å². The number of aromatic nitrogens is 2. The Balaban J connectivity index is 0. The van der Waals surface area contributed by atoms with Gasteiger partial charge in [-0.15, -0.1) is 0 Å². The van der Waals surface area contributed by atoms with E-state index in [1.807, 2.05) is 0 Å². The molecule has 16 heavy (non-hydrogen) atoms. The van der Waals surface area contributed by atoms with Gasteiger partial charge in [0, 0.05) is 6.07 Å². The van der Waals surface area contributed by atoms with Crippen LogP contribution in [0.4, 0.5) is 0 Å². The van der Waals surface area contributed by atoms with Crippen molar-refractivity contribution in [2.75, 3.05) is 0 Å². The summed E-state index contributed by atoms with van der Waals surface area (Å²) in [6.07, 6.45) is 0. The minimum absolute atomic E-state index is 0. The maximum atomic E-state index is 10.7. The van der Waals surface area contributed by atoms with Crippen molar-refractivity contribution >= 4 is 5.97 Å². The molecule has 1 aromatic rings. The molecule has 3 N–H and O–H groups in total. The van der Waals surface area contributed by atoms with Gasteiger partial charge >= 0.3 is 35.5 Å². The molecular formula is C9H14N2NaO4. The smallest absolute Gasteiger partial charge is 0.870 e. The SMILES string of the molecule is Cc1[c]c(C(=O)O)n(CC(C)(C)O)n1.[Na+].[OH-]. The quantitative estimate of drug-likeness (QED) is 0.556. The molecule has 0 atom stereocenters. The van der Waals surface area contributed by atoms with Gasteiger partial charge < -0.3 is 15.7 Å². The molecule has 0 aliphatic heterocycles. The van der Waals surface area contributed by atoms with E-state index in [2.05, 4.69) is 11.2 Å². The first kappa shape index (κ1) is 18.0. The molecule has 6 nitrogen and oxygen atoms in total. The van der Waals surface area contributed by atoms with Crippen LogP contribution in [0.5, 0.6) is 0 Å². The number of nitrogens with zero attached hydrogens (tertiary/aromatic N) is 2. The van der Waals surface area contributed by atoms with Crippen LogP contribution in [-0.2, 0) is 6.54 Å². The Hall–Kier alpha value is -0.400. The van der Waals surface area contributed by atoms with Crippen molar-refractivity contribution < 1.29 is 50.0 Å². The summed E-state index contributed by atoms with van der Waals surface area (Å²) in [5.74, 6) is -1.09. The molecule has 1 rings (SSSR count). The summed E-state index contributed by atoms with van der Waals surface area (Å²) < 4.78 is 1.25. The van der Waals surface area contributed by atoms with Gasteiger partial charge in [-0.3, -0.25) is 4.68 Å². The number of rotatable bonds is 3. The van der Waals surface area contributed by atoms with Gasteiger partial charge in [0.25, 0.3) is 0 Å². The van der Waals surface area contributed by atoms with E-state index in [1.165, 1.54) is 4.68 Å². The van der Waals surface area contributed by atoms with Crippen LogP contribution in [0.15, 0.2) is 0 Å². The van der Waals surface area contributed by atoms with Gasteiger partial charge in [0.2, 0.25) is 0 Å². The molecule has 0 saturated heterocycles. The van der Waals surface area contributed by atoms with Gasteiger partial charge in [0.05, 0.1) is 17.8 Å². The summed E-state index contributed by atoms with van der Waals surface area (Å²) in [5, 5.41) is 22.3. The second-order valence-corrected chi connectivity index (χ2v) is 3.83. The fraction of sp³-hybridized carbons (Fsp3) is 0.556. The zero-order valence-electron chi connectivity index (χ0n) is 9.85. The number of aromatic carboxylic acids is 1. The standard InChI is InChI=1S/C9H13N2O3.Na.H2O/c1-6-4-7(8(12)13)11(10-6)5-9(2,3)14;;/h14H,5H2,1-3H3,(H,12,13);;1H2/q;+1;/p-1. The Labute approximate surface area is 116 Å². The number of hydrogen-bond donors (Lipinski definition) is 2. The molecule has 0 aromatic carbocycles. The molecule has 1 heterocycles. The Kier molecular flexibility index (Phi) is 7.15. The summed E-state index contributed by atoms with van der Waals surface area (Å²) in [4.78, 5) is 10.7. The van der Waals surface area contributed by atoms with Crippen LogP contribution < -0.4 is 29.6 Å². The first-order valence-corrected chi connectivity index (χ1v) is 4.22. The van der Waals surface area contributed by atoms with E-state index in [0.29, 0.717) is 5.69 Å². The van der Waals surface area contributed by atoms with Crippen LogP contribution in [0.25, 0.3) is 0 Å². The zero-order valence-corrected chi connectivity index (χ0v) is 11.9. The molecule has 0 fully saturated rings. The molecule has 0 spiro atoms. The fourth-order valence-corrected chi connectivity index (χ4v) is 1.14. The summed E-state index contributed by atoms with van der Waals surface area (Å²) in [5.41, 5.74) is -0.507. The van der Waals surface area contributed by atoms with Gasteiger partial charge in [0.15, 0.2) is 5.69 Å². The summed E-state index contributed by atoms with van der Waals surface area (Å²) >= 11 is 0. The average molecular weight is 237 g/mol. The Bertz CT molecular complexity index is 357. The minimum atomic E-state index is -1.09. The van der Waals surface area contributed by atoms with Crippen molar-refractivity contribution in [2.24, 2.45) is 0 Å². The van der Waals surface area contributed by atoms with Gasteiger partial charge in [-0.2, -0.15) is 5.10 Å².